The number of carbonyl (C=O) groups excluding carboxylic acids is 1. The maximum Gasteiger partial charge on any atom is 0.410 e. The highest BCUT2D eigenvalue weighted by molar-refractivity contribution is 5.69. The first-order chi connectivity index (χ1) is 9.26. The maximum atomic E-state index is 12.0. The lowest BCUT2D eigenvalue weighted by atomic mass is 10.2. The number of ether oxygens (including phenoxy) is 1. The van der Waals surface area contributed by atoms with Crippen molar-refractivity contribution < 1.29 is 9.53 Å². The molecule has 20 heavy (non-hydrogen) atoms. The molecule has 0 aromatic carbocycles. The van der Waals surface area contributed by atoms with E-state index in [1.807, 2.05) is 27.8 Å². The number of nitrogen functional groups attached to an aromatic ring is 1. The summed E-state index contributed by atoms with van der Waals surface area (Å²) in [5.41, 5.74) is 6.13. The Morgan fingerprint density at radius 1 is 1.30 bits per heavy atom. The van der Waals surface area contributed by atoms with E-state index in [2.05, 4.69) is 10.00 Å². The maximum absolute atomic E-state index is 12.0. The van der Waals surface area contributed by atoms with Gasteiger partial charge in [0.15, 0.2) is 5.82 Å². The van der Waals surface area contributed by atoms with Crippen LogP contribution in [0.2, 0.25) is 0 Å². The van der Waals surface area contributed by atoms with E-state index < -0.39 is 5.60 Å². The topological polar surface area (TPSA) is 76.6 Å². The Morgan fingerprint density at radius 3 is 2.35 bits per heavy atom. The summed E-state index contributed by atoms with van der Waals surface area (Å²) in [6, 6.07) is 0. The van der Waals surface area contributed by atoms with Crippen LogP contribution in [0.3, 0.4) is 0 Å². The van der Waals surface area contributed by atoms with Crippen LogP contribution in [-0.4, -0.2) is 52.6 Å². The highest BCUT2D eigenvalue weighted by atomic mass is 16.6. The van der Waals surface area contributed by atoms with Crippen molar-refractivity contribution >= 4 is 17.6 Å². The van der Waals surface area contributed by atoms with Crippen molar-refractivity contribution in [2.75, 3.05) is 36.8 Å². The Hall–Kier alpha value is -1.92. The lowest BCUT2D eigenvalue weighted by Crippen LogP contribution is -2.50. The number of anilines is 2. The molecular weight excluding hydrogens is 258 g/mol. The fourth-order valence-electron chi connectivity index (χ4n) is 2.17. The number of aryl methyl sites for hydroxylation is 1. The van der Waals surface area contributed by atoms with E-state index in [0.29, 0.717) is 31.9 Å². The van der Waals surface area contributed by atoms with Crippen LogP contribution >= 0.6 is 0 Å². The van der Waals surface area contributed by atoms with Gasteiger partial charge in [-0.15, -0.1) is 0 Å². The number of hydrogen-bond donors (Lipinski definition) is 1. The molecule has 0 radical (unpaired) electrons. The van der Waals surface area contributed by atoms with E-state index in [1.165, 1.54) is 0 Å². The first-order valence-corrected chi connectivity index (χ1v) is 6.78. The van der Waals surface area contributed by atoms with Gasteiger partial charge in [0.2, 0.25) is 0 Å². The summed E-state index contributed by atoms with van der Waals surface area (Å²) >= 11 is 0. The molecule has 1 fully saturated rings. The van der Waals surface area contributed by atoms with Gasteiger partial charge < -0.3 is 20.3 Å². The van der Waals surface area contributed by atoms with Crippen LogP contribution in [0, 0.1) is 0 Å². The zero-order chi connectivity index (χ0) is 14.9. The van der Waals surface area contributed by atoms with Crippen molar-refractivity contribution in [1.29, 1.82) is 0 Å². The lowest BCUT2D eigenvalue weighted by Gasteiger charge is -2.35. The molecule has 0 saturated carbocycles. The van der Waals surface area contributed by atoms with Gasteiger partial charge in [-0.05, 0) is 20.8 Å². The molecule has 1 aliphatic rings. The summed E-state index contributed by atoms with van der Waals surface area (Å²) in [6.07, 6.45) is 1.53. The van der Waals surface area contributed by atoms with Gasteiger partial charge in [0, 0.05) is 39.4 Å². The van der Waals surface area contributed by atoms with Gasteiger partial charge in [0.1, 0.15) is 5.60 Å². The van der Waals surface area contributed by atoms with E-state index in [9.17, 15) is 4.79 Å². The first-order valence-electron chi connectivity index (χ1n) is 6.78. The second-order valence-electron chi connectivity index (χ2n) is 6.04. The number of rotatable bonds is 1. The van der Waals surface area contributed by atoms with Gasteiger partial charge in [0.25, 0.3) is 0 Å². The predicted molar refractivity (Wildman–Crippen MR) is 77.6 cm³/mol. The first kappa shape index (κ1) is 14.5. The van der Waals surface area contributed by atoms with Crippen molar-refractivity contribution in [2.45, 2.75) is 26.4 Å². The van der Waals surface area contributed by atoms with Crippen molar-refractivity contribution in [3.05, 3.63) is 6.20 Å². The zero-order valence-electron chi connectivity index (χ0n) is 12.6. The van der Waals surface area contributed by atoms with Gasteiger partial charge in [-0.25, -0.2) is 4.79 Å². The van der Waals surface area contributed by atoms with Crippen LogP contribution in [0.5, 0.6) is 0 Å². The van der Waals surface area contributed by atoms with E-state index in [0.717, 1.165) is 5.82 Å². The largest absolute Gasteiger partial charge is 0.444 e. The van der Waals surface area contributed by atoms with Crippen LogP contribution in [0.1, 0.15) is 20.8 Å². The molecule has 0 aliphatic carbocycles. The summed E-state index contributed by atoms with van der Waals surface area (Å²) in [5, 5.41) is 4.35. The number of nitrogens with two attached hydrogens (primary N) is 1. The summed E-state index contributed by atoms with van der Waals surface area (Å²) in [4.78, 5) is 15.8. The molecule has 112 valence electrons. The molecule has 0 unspecified atom stereocenters. The van der Waals surface area contributed by atoms with E-state index >= 15 is 0 Å². The number of hydrogen-bond acceptors (Lipinski definition) is 5. The monoisotopic (exact) mass is 281 g/mol. The number of piperazine rings is 1. The van der Waals surface area contributed by atoms with Gasteiger partial charge in [-0.3, -0.25) is 4.68 Å². The third-order valence-corrected chi connectivity index (χ3v) is 3.07. The smallest absolute Gasteiger partial charge is 0.410 e. The fourth-order valence-corrected chi connectivity index (χ4v) is 2.17. The Balaban J connectivity index is 1.92. The summed E-state index contributed by atoms with van der Waals surface area (Å²) in [5.74, 6) is 0.788. The molecule has 1 saturated heterocycles. The SMILES string of the molecule is Cn1cc(N)c(N2CCN(C(=O)OC(C)(C)C)CC2)n1. The van der Waals surface area contributed by atoms with Crippen LogP contribution < -0.4 is 10.6 Å². The molecule has 7 nitrogen and oxygen atoms in total. The Kier molecular flexibility index (Phi) is 3.78. The molecular formula is C13H23N5O2. The molecule has 0 bridgehead atoms. The average molecular weight is 281 g/mol. The van der Waals surface area contributed by atoms with Crippen LogP contribution in [0.25, 0.3) is 0 Å². The van der Waals surface area contributed by atoms with Gasteiger partial charge in [0.05, 0.1) is 5.69 Å². The van der Waals surface area contributed by atoms with Crippen LogP contribution in [0.4, 0.5) is 16.3 Å². The second kappa shape index (κ2) is 5.22. The Labute approximate surface area is 119 Å². The summed E-state index contributed by atoms with van der Waals surface area (Å²) in [7, 11) is 1.84. The number of nitrogens with zero attached hydrogens (tertiary/aromatic N) is 4. The quantitative estimate of drug-likeness (QED) is 0.833. The summed E-state index contributed by atoms with van der Waals surface area (Å²) in [6.45, 7) is 8.26. The van der Waals surface area contributed by atoms with E-state index in [-0.39, 0.29) is 6.09 Å². The van der Waals surface area contributed by atoms with Gasteiger partial charge >= 0.3 is 6.09 Å². The minimum Gasteiger partial charge on any atom is -0.444 e. The molecule has 0 atom stereocenters. The molecule has 0 spiro atoms. The third-order valence-electron chi connectivity index (χ3n) is 3.07. The average Bonchev–Trinajstić information content (AvgIpc) is 2.66. The standard InChI is InChI=1S/C13H23N5O2/c1-13(2,3)20-12(19)18-7-5-17(6-8-18)11-10(14)9-16(4)15-11/h9H,5-8,14H2,1-4H3. The molecule has 7 heteroatoms. The van der Waals surface area contributed by atoms with Crippen molar-refractivity contribution in [2.24, 2.45) is 7.05 Å². The minimum atomic E-state index is -0.459. The van der Waals surface area contributed by atoms with Gasteiger partial charge in [-0.2, -0.15) is 5.10 Å². The number of amides is 1. The number of aromatic nitrogens is 2. The third kappa shape index (κ3) is 3.34. The summed E-state index contributed by atoms with van der Waals surface area (Å²) < 4.78 is 7.07. The van der Waals surface area contributed by atoms with Crippen LogP contribution in [-0.2, 0) is 11.8 Å². The Bertz CT molecular complexity index is 483. The zero-order valence-corrected chi connectivity index (χ0v) is 12.6. The lowest BCUT2D eigenvalue weighted by molar-refractivity contribution is 0.0240. The van der Waals surface area contributed by atoms with Crippen LogP contribution in [0.15, 0.2) is 6.20 Å². The second-order valence-corrected chi connectivity index (χ2v) is 6.04. The normalized spacial score (nSPS) is 16.4. The van der Waals surface area contributed by atoms with Gasteiger partial charge in [-0.1, -0.05) is 0 Å². The molecule has 1 aliphatic heterocycles. The van der Waals surface area contributed by atoms with Crippen molar-refractivity contribution in [1.82, 2.24) is 14.7 Å². The number of carbonyl (C=O) groups is 1. The molecule has 2 N–H and O–H groups in total. The molecule has 1 aromatic rings. The molecule has 1 amide bonds. The van der Waals surface area contributed by atoms with Crippen molar-refractivity contribution in [3.63, 3.8) is 0 Å². The molecule has 2 heterocycles. The minimum absolute atomic E-state index is 0.258. The van der Waals surface area contributed by atoms with Crippen molar-refractivity contribution in [3.8, 4) is 0 Å². The Morgan fingerprint density at radius 2 is 1.90 bits per heavy atom. The fraction of sp³-hybridized carbons (Fsp3) is 0.692. The molecule has 2 rings (SSSR count). The molecule has 1 aromatic heterocycles. The van der Waals surface area contributed by atoms with E-state index in [1.54, 1.807) is 15.8 Å². The predicted octanol–water partition coefficient (Wildman–Crippen LogP) is 1.06. The van der Waals surface area contributed by atoms with E-state index in [4.69, 9.17) is 10.5 Å². The highest BCUT2D eigenvalue weighted by Crippen LogP contribution is 2.22. The highest BCUT2D eigenvalue weighted by Gasteiger charge is 2.27.